The molecule has 1 heterocycles. The Bertz CT molecular complexity index is 147. The van der Waals surface area contributed by atoms with E-state index in [2.05, 4.69) is 0 Å². The van der Waals surface area contributed by atoms with Gasteiger partial charge >= 0.3 is 0 Å². The number of hydrogen-bond donors (Lipinski definition) is 1. The van der Waals surface area contributed by atoms with Crippen LogP contribution in [0.5, 0.6) is 0 Å². The number of aliphatic hydroxyl groups excluding tert-OH is 1. The molecule has 0 amide bonds. The van der Waals surface area contributed by atoms with Crippen LogP contribution in [-0.4, -0.2) is 54.6 Å². The number of alkyl halides is 1. The third kappa shape index (κ3) is 3.58. The highest BCUT2D eigenvalue weighted by Crippen LogP contribution is 2.10. The minimum absolute atomic E-state index is 0.176. The fraction of sp³-hybridized carbons (Fsp3) is 1.00. The van der Waals surface area contributed by atoms with Gasteiger partial charge in [-0.2, -0.15) is 0 Å². The van der Waals surface area contributed by atoms with Crippen LogP contribution in [0.2, 0.25) is 0 Å². The summed E-state index contributed by atoms with van der Waals surface area (Å²) < 4.78 is 17.5. The van der Waals surface area contributed by atoms with E-state index in [-0.39, 0.29) is 12.2 Å². The fourth-order valence-electron chi connectivity index (χ4n) is 1.78. The van der Waals surface area contributed by atoms with E-state index in [1.807, 2.05) is 18.7 Å². The number of morpholine rings is 1. The Kier molecular flexibility index (Phi) is 4.09. The number of aliphatic hydroxyl groups is 1. The maximum atomic E-state index is 12.0. The minimum Gasteiger partial charge on any atom is -0.389 e. The molecule has 1 aliphatic rings. The average Bonchev–Trinajstić information content (AvgIpc) is 2.02. The van der Waals surface area contributed by atoms with Crippen LogP contribution in [0.1, 0.15) is 13.8 Å². The van der Waals surface area contributed by atoms with Crippen molar-refractivity contribution >= 4 is 0 Å². The Hall–Kier alpha value is -0.190. The van der Waals surface area contributed by atoms with E-state index in [9.17, 15) is 4.39 Å². The molecule has 13 heavy (non-hydrogen) atoms. The molecule has 1 rings (SSSR count). The first-order valence-electron chi connectivity index (χ1n) is 4.73. The minimum atomic E-state index is -0.850. The van der Waals surface area contributed by atoms with E-state index in [1.165, 1.54) is 0 Å². The number of nitrogens with zero attached hydrogens (tertiary/aromatic N) is 1. The molecule has 0 bridgehead atoms. The molecule has 0 aromatic carbocycles. The van der Waals surface area contributed by atoms with Gasteiger partial charge < -0.3 is 9.84 Å². The normalized spacial score (nSPS) is 33.2. The van der Waals surface area contributed by atoms with Gasteiger partial charge in [0.15, 0.2) is 0 Å². The van der Waals surface area contributed by atoms with Crippen LogP contribution >= 0.6 is 0 Å². The van der Waals surface area contributed by atoms with Crippen molar-refractivity contribution in [3.8, 4) is 0 Å². The molecule has 1 N–H and O–H groups in total. The van der Waals surface area contributed by atoms with E-state index in [0.29, 0.717) is 6.54 Å². The van der Waals surface area contributed by atoms with Gasteiger partial charge in [-0.25, -0.2) is 4.39 Å². The molecular formula is C9H18FNO2. The van der Waals surface area contributed by atoms with Gasteiger partial charge in [0, 0.05) is 19.6 Å². The lowest BCUT2D eigenvalue weighted by Crippen LogP contribution is -2.48. The summed E-state index contributed by atoms with van der Waals surface area (Å²) in [6.07, 6.45) is -0.497. The molecule has 1 saturated heterocycles. The summed E-state index contributed by atoms with van der Waals surface area (Å²) >= 11 is 0. The SMILES string of the molecule is C[C@@H]1CN(CC(O)CF)C[C@H](C)O1. The third-order valence-corrected chi connectivity index (χ3v) is 2.14. The second kappa shape index (κ2) is 4.88. The van der Waals surface area contributed by atoms with E-state index in [1.54, 1.807) is 0 Å². The van der Waals surface area contributed by atoms with Gasteiger partial charge in [0.25, 0.3) is 0 Å². The summed E-state index contributed by atoms with van der Waals surface area (Å²) in [5.41, 5.74) is 0. The Balaban J connectivity index is 2.32. The van der Waals surface area contributed by atoms with Crippen molar-refractivity contribution in [2.75, 3.05) is 26.3 Å². The molecule has 3 nitrogen and oxygen atoms in total. The Labute approximate surface area is 78.5 Å². The van der Waals surface area contributed by atoms with Crippen molar-refractivity contribution in [1.82, 2.24) is 4.90 Å². The molecule has 1 unspecified atom stereocenters. The highest BCUT2D eigenvalue weighted by molar-refractivity contribution is 4.74. The van der Waals surface area contributed by atoms with Crippen LogP contribution in [0.3, 0.4) is 0 Å². The predicted octanol–water partition coefficient (Wildman–Crippen LogP) is 0.426. The second-order valence-electron chi connectivity index (χ2n) is 3.78. The summed E-state index contributed by atoms with van der Waals surface area (Å²) in [6.45, 7) is 5.28. The van der Waals surface area contributed by atoms with Crippen LogP contribution < -0.4 is 0 Å². The average molecular weight is 191 g/mol. The van der Waals surface area contributed by atoms with Gasteiger partial charge in [0.1, 0.15) is 6.67 Å². The molecule has 0 aliphatic carbocycles. The summed E-state index contributed by atoms with van der Waals surface area (Å²) in [6, 6.07) is 0. The van der Waals surface area contributed by atoms with Gasteiger partial charge in [0.05, 0.1) is 18.3 Å². The number of halogens is 1. The van der Waals surface area contributed by atoms with E-state index in [4.69, 9.17) is 9.84 Å². The Morgan fingerprint density at radius 3 is 2.46 bits per heavy atom. The summed E-state index contributed by atoms with van der Waals surface area (Å²) in [7, 11) is 0. The maximum Gasteiger partial charge on any atom is 0.117 e. The van der Waals surface area contributed by atoms with Crippen LogP contribution in [0.25, 0.3) is 0 Å². The smallest absolute Gasteiger partial charge is 0.117 e. The van der Waals surface area contributed by atoms with Gasteiger partial charge in [-0.1, -0.05) is 0 Å². The summed E-state index contributed by atoms with van der Waals surface area (Å²) in [4.78, 5) is 2.04. The summed E-state index contributed by atoms with van der Waals surface area (Å²) in [5.74, 6) is 0. The first-order valence-corrected chi connectivity index (χ1v) is 4.73. The largest absolute Gasteiger partial charge is 0.389 e. The topological polar surface area (TPSA) is 32.7 Å². The number of ether oxygens (including phenoxy) is 1. The molecular weight excluding hydrogens is 173 g/mol. The maximum absolute atomic E-state index is 12.0. The lowest BCUT2D eigenvalue weighted by molar-refractivity contribution is -0.0775. The number of rotatable bonds is 3. The first kappa shape index (κ1) is 10.9. The number of hydrogen-bond acceptors (Lipinski definition) is 3. The van der Waals surface area contributed by atoms with Gasteiger partial charge in [-0.3, -0.25) is 4.90 Å². The molecule has 4 heteroatoms. The second-order valence-corrected chi connectivity index (χ2v) is 3.78. The molecule has 0 radical (unpaired) electrons. The molecule has 0 spiro atoms. The highest BCUT2D eigenvalue weighted by Gasteiger charge is 2.23. The van der Waals surface area contributed by atoms with E-state index in [0.717, 1.165) is 13.1 Å². The summed E-state index contributed by atoms with van der Waals surface area (Å²) in [5, 5.41) is 9.13. The first-order chi connectivity index (χ1) is 6.11. The molecule has 0 aromatic rings. The lowest BCUT2D eigenvalue weighted by Gasteiger charge is -2.35. The zero-order valence-electron chi connectivity index (χ0n) is 8.24. The van der Waals surface area contributed by atoms with Crippen molar-refractivity contribution in [2.24, 2.45) is 0 Å². The van der Waals surface area contributed by atoms with Crippen molar-refractivity contribution in [1.29, 1.82) is 0 Å². The predicted molar refractivity (Wildman–Crippen MR) is 48.4 cm³/mol. The van der Waals surface area contributed by atoms with Crippen molar-refractivity contribution in [3.63, 3.8) is 0 Å². The Morgan fingerprint density at radius 1 is 1.46 bits per heavy atom. The van der Waals surface area contributed by atoms with Crippen molar-refractivity contribution < 1.29 is 14.2 Å². The quantitative estimate of drug-likeness (QED) is 0.702. The third-order valence-electron chi connectivity index (χ3n) is 2.14. The standard InChI is InChI=1S/C9H18FNO2/c1-7-4-11(5-8(2)13-7)6-9(12)3-10/h7-9,12H,3-6H2,1-2H3/t7-,8+,9?. The van der Waals surface area contributed by atoms with Gasteiger partial charge in [0.2, 0.25) is 0 Å². The zero-order chi connectivity index (χ0) is 9.84. The van der Waals surface area contributed by atoms with Crippen molar-refractivity contribution in [2.45, 2.75) is 32.2 Å². The van der Waals surface area contributed by atoms with Crippen LogP contribution in [0.15, 0.2) is 0 Å². The highest BCUT2D eigenvalue weighted by atomic mass is 19.1. The molecule has 1 aliphatic heterocycles. The van der Waals surface area contributed by atoms with Crippen LogP contribution in [0.4, 0.5) is 4.39 Å². The van der Waals surface area contributed by atoms with Crippen LogP contribution in [0, 0.1) is 0 Å². The van der Waals surface area contributed by atoms with Gasteiger partial charge in [-0.15, -0.1) is 0 Å². The molecule has 3 atom stereocenters. The van der Waals surface area contributed by atoms with Crippen molar-refractivity contribution in [3.05, 3.63) is 0 Å². The lowest BCUT2D eigenvalue weighted by atomic mass is 10.2. The van der Waals surface area contributed by atoms with E-state index >= 15 is 0 Å². The molecule has 0 aromatic heterocycles. The van der Waals surface area contributed by atoms with Gasteiger partial charge in [-0.05, 0) is 13.8 Å². The number of β-amino-alcohol motifs (C(OH)–C–C–N with tert-alkyl or cyclic N) is 1. The molecule has 0 saturated carbocycles. The van der Waals surface area contributed by atoms with Crippen LogP contribution in [-0.2, 0) is 4.74 Å². The monoisotopic (exact) mass is 191 g/mol. The van der Waals surface area contributed by atoms with E-state index < -0.39 is 12.8 Å². The molecule has 1 fully saturated rings. The Morgan fingerprint density at radius 2 is 2.00 bits per heavy atom. The zero-order valence-corrected chi connectivity index (χ0v) is 8.24. The molecule has 78 valence electrons. The fourth-order valence-corrected chi connectivity index (χ4v) is 1.78.